The molecule has 0 aromatic heterocycles. The third-order valence-corrected chi connectivity index (χ3v) is 4.25. The lowest BCUT2D eigenvalue weighted by Crippen LogP contribution is -2.18. The Balaban J connectivity index is 2.34. The second-order valence-corrected chi connectivity index (χ2v) is 6.38. The van der Waals surface area contributed by atoms with Crippen molar-refractivity contribution in [1.82, 2.24) is 4.83 Å². The Morgan fingerprint density at radius 2 is 1.73 bits per heavy atom. The Kier molecular flexibility index (Phi) is 5.11. The van der Waals surface area contributed by atoms with Crippen molar-refractivity contribution in [2.75, 3.05) is 0 Å². The van der Waals surface area contributed by atoms with E-state index in [0.717, 1.165) is 30.3 Å². The fourth-order valence-corrected chi connectivity index (χ4v) is 2.59. The third-order valence-electron chi connectivity index (χ3n) is 3.01. The second-order valence-electron chi connectivity index (χ2n) is 4.72. The molecule has 0 aliphatic rings. The minimum Gasteiger partial charge on any atom is -0.502 e. The van der Waals surface area contributed by atoms with Gasteiger partial charge in [-0.3, -0.25) is 20.2 Å². The van der Waals surface area contributed by atoms with E-state index in [2.05, 4.69) is 5.10 Å². The summed E-state index contributed by atoms with van der Waals surface area (Å²) in [6.07, 6.45) is 0.663. The predicted octanol–water partition coefficient (Wildman–Crippen LogP) is 1.66. The molecule has 2 rings (SSSR count). The second kappa shape index (κ2) is 7.10. The van der Waals surface area contributed by atoms with Crippen LogP contribution in [0.1, 0.15) is 5.56 Å². The average Bonchev–Trinajstić information content (AvgIpc) is 2.56. The van der Waals surface area contributed by atoms with Crippen molar-refractivity contribution in [3.05, 3.63) is 68.0 Å². The Morgan fingerprint density at radius 3 is 2.27 bits per heavy atom. The zero-order valence-electron chi connectivity index (χ0n) is 12.6. The highest BCUT2D eigenvalue weighted by atomic mass is 32.2. The van der Waals surface area contributed by atoms with Crippen molar-refractivity contribution in [2.45, 2.75) is 4.90 Å². The first-order chi connectivity index (χ1) is 12.1. The molecule has 0 unspecified atom stereocenters. The lowest BCUT2D eigenvalue weighted by Gasteiger charge is -2.04. The van der Waals surface area contributed by atoms with Gasteiger partial charge >= 0.3 is 5.69 Å². The summed E-state index contributed by atoms with van der Waals surface area (Å²) in [5.74, 6) is -1.58. The highest BCUT2D eigenvalue weighted by Crippen LogP contribution is 2.33. The molecule has 0 saturated heterocycles. The van der Waals surface area contributed by atoms with Gasteiger partial charge in [-0.1, -0.05) is 0 Å². The largest absolute Gasteiger partial charge is 0.502 e. The number of hydrazone groups is 1. The number of phenols is 1. The first kappa shape index (κ1) is 18.7. The van der Waals surface area contributed by atoms with Gasteiger partial charge < -0.3 is 5.11 Å². The fraction of sp³-hybridized carbons (Fsp3) is 0. The summed E-state index contributed by atoms with van der Waals surface area (Å²) in [5.41, 5.74) is -2.09. The maximum atomic E-state index is 12.8. The van der Waals surface area contributed by atoms with Gasteiger partial charge in [-0.2, -0.15) is 13.5 Å². The van der Waals surface area contributed by atoms with E-state index in [4.69, 9.17) is 0 Å². The SMILES string of the molecule is O=[N+]([O-])c1cc(/C=N\NS(=O)(=O)c2ccc(F)cc2)c(O)c([N+](=O)[O-])c1. The van der Waals surface area contributed by atoms with Crippen LogP contribution < -0.4 is 4.83 Å². The minimum absolute atomic E-state index is 0.315. The summed E-state index contributed by atoms with van der Waals surface area (Å²) in [4.78, 5) is 21.1. The van der Waals surface area contributed by atoms with Crippen LogP contribution >= 0.6 is 0 Å². The maximum absolute atomic E-state index is 12.8. The van der Waals surface area contributed by atoms with Gasteiger partial charge in [-0.25, -0.2) is 9.22 Å². The number of hydrogen-bond acceptors (Lipinski definition) is 8. The van der Waals surface area contributed by atoms with Gasteiger partial charge in [0.1, 0.15) is 5.82 Å². The molecule has 0 amide bonds. The van der Waals surface area contributed by atoms with Crippen molar-refractivity contribution in [2.24, 2.45) is 5.10 Å². The smallest absolute Gasteiger partial charge is 0.318 e. The summed E-state index contributed by atoms with van der Waals surface area (Å²) in [6, 6.07) is 5.10. The lowest BCUT2D eigenvalue weighted by atomic mass is 10.1. The number of sulfonamides is 1. The highest BCUT2D eigenvalue weighted by molar-refractivity contribution is 7.89. The van der Waals surface area contributed by atoms with E-state index in [1.54, 1.807) is 4.83 Å². The molecule has 0 saturated carbocycles. The van der Waals surface area contributed by atoms with Crippen molar-refractivity contribution >= 4 is 27.6 Å². The Bertz CT molecular complexity index is 1010. The van der Waals surface area contributed by atoms with Crippen LogP contribution in [0.25, 0.3) is 0 Å². The van der Waals surface area contributed by atoms with Crippen LogP contribution in [0.15, 0.2) is 46.4 Å². The van der Waals surface area contributed by atoms with E-state index in [9.17, 15) is 38.1 Å². The molecule has 2 N–H and O–H groups in total. The zero-order valence-corrected chi connectivity index (χ0v) is 13.4. The third kappa shape index (κ3) is 4.07. The van der Waals surface area contributed by atoms with E-state index in [-0.39, 0.29) is 4.90 Å². The number of nitro benzene ring substituents is 2. The van der Waals surface area contributed by atoms with Crippen LogP contribution in [-0.4, -0.2) is 29.6 Å². The number of rotatable bonds is 6. The predicted molar refractivity (Wildman–Crippen MR) is 85.7 cm³/mol. The van der Waals surface area contributed by atoms with Crippen molar-refractivity contribution in [3.8, 4) is 5.75 Å². The van der Waals surface area contributed by atoms with Crippen LogP contribution in [-0.2, 0) is 10.0 Å². The molecular formula is C13H9FN4O7S. The number of hydrogen-bond donors (Lipinski definition) is 2. The molecule has 0 aliphatic carbocycles. The van der Waals surface area contributed by atoms with Gasteiger partial charge in [0.15, 0.2) is 0 Å². The molecule has 26 heavy (non-hydrogen) atoms. The van der Waals surface area contributed by atoms with E-state index in [0.29, 0.717) is 12.3 Å². The average molecular weight is 384 g/mol. The van der Waals surface area contributed by atoms with Crippen molar-refractivity contribution in [1.29, 1.82) is 0 Å². The molecule has 2 aromatic carbocycles. The summed E-state index contributed by atoms with van der Waals surface area (Å²) < 4.78 is 36.7. The van der Waals surface area contributed by atoms with E-state index in [1.165, 1.54) is 0 Å². The van der Waals surface area contributed by atoms with Gasteiger partial charge in [0.05, 0.1) is 32.6 Å². The number of aromatic hydroxyl groups is 1. The monoisotopic (exact) mass is 384 g/mol. The number of phenolic OH excluding ortho intramolecular Hbond substituents is 1. The molecule has 0 heterocycles. The Hall–Kier alpha value is -3.61. The number of nitrogens with one attached hydrogen (secondary N) is 1. The normalized spacial score (nSPS) is 11.4. The quantitative estimate of drug-likeness (QED) is 0.434. The topological polar surface area (TPSA) is 165 Å². The van der Waals surface area contributed by atoms with Crippen LogP contribution in [0.3, 0.4) is 0 Å². The van der Waals surface area contributed by atoms with Crippen LogP contribution in [0.4, 0.5) is 15.8 Å². The van der Waals surface area contributed by atoms with Crippen LogP contribution in [0.2, 0.25) is 0 Å². The minimum atomic E-state index is -4.18. The first-order valence-electron chi connectivity index (χ1n) is 6.58. The summed E-state index contributed by atoms with van der Waals surface area (Å²) in [6.45, 7) is 0. The molecular weight excluding hydrogens is 375 g/mol. The number of nitro groups is 2. The van der Waals surface area contributed by atoms with Crippen LogP contribution in [0, 0.1) is 26.0 Å². The van der Waals surface area contributed by atoms with Gasteiger partial charge in [0.25, 0.3) is 15.7 Å². The van der Waals surface area contributed by atoms with E-state index in [1.807, 2.05) is 0 Å². The number of halogens is 1. The van der Waals surface area contributed by atoms with E-state index < -0.39 is 48.4 Å². The Morgan fingerprint density at radius 1 is 1.12 bits per heavy atom. The molecule has 0 aliphatic heterocycles. The number of nitrogens with zero attached hydrogens (tertiary/aromatic N) is 3. The van der Waals surface area contributed by atoms with Gasteiger partial charge in [-0.05, 0) is 24.3 Å². The molecule has 2 aromatic rings. The summed E-state index contributed by atoms with van der Waals surface area (Å²) in [7, 11) is -4.18. The Labute approximate surface area is 144 Å². The van der Waals surface area contributed by atoms with Gasteiger partial charge in [0.2, 0.25) is 5.75 Å². The molecule has 0 radical (unpaired) electrons. The van der Waals surface area contributed by atoms with Crippen molar-refractivity contribution in [3.63, 3.8) is 0 Å². The highest BCUT2D eigenvalue weighted by Gasteiger charge is 2.23. The molecule has 136 valence electrons. The number of benzene rings is 2. The molecule has 0 spiro atoms. The number of non-ortho nitro benzene ring substituents is 1. The zero-order chi connectivity index (χ0) is 19.5. The lowest BCUT2D eigenvalue weighted by molar-refractivity contribution is -0.394. The fourth-order valence-electron chi connectivity index (χ4n) is 1.80. The molecule has 0 fully saturated rings. The summed E-state index contributed by atoms with van der Waals surface area (Å²) in [5, 5.41) is 34.7. The molecule has 0 bridgehead atoms. The first-order valence-corrected chi connectivity index (χ1v) is 8.06. The molecule has 0 atom stereocenters. The standard InChI is InChI=1S/C13H9FN4O7S/c14-9-1-3-11(4-2-9)26(24,25)16-15-7-8-5-10(17(20)21)6-12(13(8)19)18(22)23/h1-7,16,19H/b15-7-. The summed E-state index contributed by atoms with van der Waals surface area (Å²) >= 11 is 0. The molecule has 11 nitrogen and oxygen atoms in total. The van der Waals surface area contributed by atoms with Crippen molar-refractivity contribution < 1.29 is 27.8 Å². The van der Waals surface area contributed by atoms with Crippen LogP contribution in [0.5, 0.6) is 5.75 Å². The van der Waals surface area contributed by atoms with E-state index >= 15 is 0 Å². The van der Waals surface area contributed by atoms with Gasteiger partial charge in [0, 0.05) is 6.07 Å². The molecule has 13 heteroatoms. The van der Waals surface area contributed by atoms with Gasteiger partial charge in [-0.15, -0.1) is 0 Å². The maximum Gasteiger partial charge on any atom is 0.318 e.